The summed E-state index contributed by atoms with van der Waals surface area (Å²) in [6.07, 6.45) is -20.5. The van der Waals surface area contributed by atoms with Gasteiger partial charge >= 0.3 is 53.2 Å². The van der Waals surface area contributed by atoms with Crippen LogP contribution in [0.15, 0.2) is 0 Å². The fraction of sp³-hybridized carbons (Fsp3) is 1.00. The molecular weight excluding hydrogens is 338 g/mol. The standard InChI is InChI=1S/C4HF9O4S.Na/c5-1(6,7)2(8,9)17-3(10,11)4(12,13)18(14,15)16;/h(H,14,15,16);/q;+1/p-1. The van der Waals surface area contributed by atoms with Crippen molar-refractivity contribution in [2.45, 2.75) is 23.6 Å². The average Bonchev–Trinajstić information content (AvgIpc) is 1.96. The molecule has 0 saturated heterocycles. The molecule has 0 heterocycles. The summed E-state index contributed by atoms with van der Waals surface area (Å²) in [6, 6.07) is 0. The molecule has 0 bridgehead atoms. The molecule has 0 aliphatic carbocycles. The molecule has 0 unspecified atom stereocenters. The Bertz CT molecular complexity index is 414. The Kier molecular flexibility index (Phi) is 6.30. The van der Waals surface area contributed by atoms with Gasteiger partial charge < -0.3 is 4.55 Å². The van der Waals surface area contributed by atoms with Crippen molar-refractivity contribution in [3.63, 3.8) is 0 Å². The largest absolute Gasteiger partial charge is 1.00 e. The molecular formula is C4F9NaO4S. The molecule has 0 aliphatic heterocycles. The summed E-state index contributed by atoms with van der Waals surface area (Å²) in [6.45, 7) is 0. The molecule has 0 amide bonds. The first-order valence-electron chi connectivity index (χ1n) is 3.31. The molecule has 0 aliphatic rings. The van der Waals surface area contributed by atoms with Crippen LogP contribution in [0, 0.1) is 0 Å². The maximum atomic E-state index is 12.2. The SMILES string of the molecule is O=S(=O)([O-])C(F)(F)C(F)(F)OC(F)(F)C(F)(F)F.[Na+]. The maximum Gasteiger partial charge on any atom is 1.00 e. The van der Waals surface area contributed by atoms with Crippen LogP contribution in [0.3, 0.4) is 0 Å². The molecule has 4 nitrogen and oxygen atoms in total. The minimum Gasteiger partial charge on any atom is -0.743 e. The predicted octanol–water partition coefficient (Wildman–Crippen LogP) is -1.11. The van der Waals surface area contributed by atoms with Crippen LogP contribution in [0.1, 0.15) is 0 Å². The van der Waals surface area contributed by atoms with Crippen LogP contribution >= 0.6 is 0 Å². The molecule has 0 aromatic rings. The van der Waals surface area contributed by atoms with E-state index in [-0.39, 0.29) is 29.6 Å². The van der Waals surface area contributed by atoms with Crippen LogP contribution in [-0.4, -0.2) is 36.6 Å². The number of ether oxygens (including phenoxy) is 1. The number of hydrogen-bond acceptors (Lipinski definition) is 4. The zero-order valence-corrected chi connectivity index (χ0v) is 11.3. The van der Waals surface area contributed by atoms with Crippen molar-refractivity contribution in [3.05, 3.63) is 0 Å². The Hall–Kier alpha value is 0.240. The van der Waals surface area contributed by atoms with Crippen molar-refractivity contribution in [2.24, 2.45) is 0 Å². The van der Waals surface area contributed by atoms with E-state index >= 15 is 0 Å². The molecule has 0 radical (unpaired) electrons. The normalized spacial score (nSPS) is 15.1. The molecule has 0 aromatic heterocycles. The Morgan fingerprint density at radius 1 is 0.789 bits per heavy atom. The van der Waals surface area contributed by atoms with E-state index in [0.717, 1.165) is 0 Å². The summed E-state index contributed by atoms with van der Waals surface area (Å²) < 4.78 is 137. The summed E-state index contributed by atoms with van der Waals surface area (Å²) in [5.41, 5.74) is 0. The monoisotopic (exact) mass is 338 g/mol. The van der Waals surface area contributed by atoms with Crippen molar-refractivity contribution in [1.82, 2.24) is 0 Å². The molecule has 0 saturated carbocycles. The minimum absolute atomic E-state index is 0. The third-order valence-corrected chi connectivity index (χ3v) is 2.10. The van der Waals surface area contributed by atoms with Gasteiger partial charge in [0.1, 0.15) is 0 Å². The maximum absolute atomic E-state index is 12.2. The zero-order chi connectivity index (χ0) is 15.2. The van der Waals surface area contributed by atoms with Crippen LogP contribution in [0.4, 0.5) is 39.5 Å². The zero-order valence-electron chi connectivity index (χ0n) is 8.44. The summed E-state index contributed by atoms with van der Waals surface area (Å²) in [5, 5.41) is -6.81. The van der Waals surface area contributed by atoms with Gasteiger partial charge in [-0.15, -0.1) is 0 Å². The average molecular weight is 338 g/mol. The van der Waals surface area contributed by atoms with E-state index in [1.165, 1.54) is 4.74 Å². The van der Waals surface area contributed by atoms with E-state index in [1.54, 1.807) is 0 Å². The topological polar surface area (TPSA) is 66.4 Å². The van der Waals surface area contributed by atoms with Crippen molar-refractivity contribution < 1.29 is 86.8 Å². The van der Waals surface area contributed by atoms with E-state index in [2.05, 4.69) is 0 Å². The van der Waals surface area contributed by atoms with Gasteiger partial charge in [-0.1, -0.05) is 0 Å². The second-order valence-electron chi connectivity index (χ2n) is 2.60. The Morgan fingerprint density at radius 3 is 1.32 bits per heavy atom. The summed E-state index contributed by atoms with van der Waals surface area (Å²) >= 11 is 0. The minimum atomic E-state index is -7.24. The van der Waals surface area contributed by atoms with Gasteiger partial charge in [0.15, 0.2) is 10.1 Å². The summed E-state index contributed by atoms with van der Waals surface area (Å²) in [5.74, 6) is 0. The van der Waals surface area contributed by atoms with Crippen LogP contribution < -0.4 is 29.6 Å². The van der Waals surface area contributed by atoms with Gasteiger partial charge in [0.05, 0.1) is 0 Å². The van der Waals surface area contributed by atoms with Gasteiger partial charge in [-0.3, -0.25) is 0 Å². The molecule has 0 fully saturated rings. The number of alkyl halides is 9. The van der Waals surface area contributed by atoms with Crippen LogP contribution in [0.5, 0.6) is 0 Å². The molecule has 0 spiro atoms. The van der Waals surface area contributed by atoms with Crippen molar-refractivity contribution in [3.8, 4) is 0 Å². The van der Waals surface area contributed by atoms with E-state index in [1.807, 2.05) is 0 Å². The molecule has 15 heteroatoms. The number of rotatable bonds is 4. The Labute approximate surface area is 120 Å². The van der Waals surface area contributed by atoms with Crippen LogP contribution in [-0.2, 0) is 14.9 Å². The van der Waals surface area contributed by atoms with E-state index < -0.39 is 33.8 Å². The Balaban J connectivity index is 0. The van der Waals surface area contributed by atoms with Gasteiger partial charge in [-0.25, -0.2) is 13.2 Å². The van der Waals surface area contributed by atoms with E-state index in [0.29, 0.717) is 0 Å². The molecule has 0 atom stereocenters. The van der Waals surface area contributed by atoms with Crippen LogP contribution in [0.2, 0.25) is 0 Å². The molecule has 110 valence electrons. The van der Waals surface area contributed by atoms with E-state index in [9.17, 15) is 52.5 Å². The fourth-order valence-corrected chi connectivity index (χ4v) is 0.756. The quantitative estimate of drug-likeness (QED) is 0.371. The summed E-state index contributed by atoms with van der Waals surface area (Å²) in [7, 11) is -7.24. The third kappa shape index (κ3) is 4.35. The number of halogens is 9. The Morgan fingerprint density at radius 2 is 1.11 bits per heavy atom. The number of hydrogen-bond donors (Lipinski definition) is 0. The first-order chi connectivity index (χ1) is 7.46. The van der Waals surface area contributed by atoms with Crippen LogP contribution in [0.25, 0.3) is 0 Å². The van der Waals surface area contributed by atoms with Crippen molar-refractivity contribution in [1.29, 1.82) is 0 Å². The third-order valence-electron chi connectivity index (χ3n) is 1.24. The molecule has 0 N–H and O–H groups in total. The van der Waals surface area contributed by atoms with Gasteiger partial charge in [-0.05, 0) is 0 Å². The van der Waals surface area contributed by atoms with Crippen molar-refractivity contribution in [2.75, 3.05) is 0 Å². The molecule has 0 aromatic carbocycles. The predicted molar refractivity (Wildman–Crippen MR) is 31.7 cm³/mol. The fourth-order valence-electron chi connectivity index (χ4n) is 0.424. The van der Waals surface area contributed by atoms with Crippen molar-refractivity contribution >= 4 is 10.1 Å². The second kappa shape index (κ2) is 5.55. The van der Waals surface area contributed by atoms with Gasteiger partial charge in [-0.2, -0.15) is 39.5 Å². The molecule has 0 rings (SSSR count). The first kappa shape index (κ1) is 21.5. The van der Waals surface area contributed by atoms with E-state index in [4.69, 9.17) is 0 Å². The second-order valence-corrected chi connectivity index (χ2v) is 4.03. The summed E-state index contributed by atoms with van der Waals surface area (Å²) in [4.78, 5) is 0. The van der Waals surface area contributed by atoms with Gasteiger partial charge in [0.25, 0.3) is 0 Å². The molecule has 19 heavy (non-hydrogen) atoms. The smallest absolute Gasteiger partial charge is 0.743 e. The first-order valence-corrected chi connectivity index (χ1v) is 4.72. The van der Waals surface area contributed by atoms with Gasteiger partial charge in [0.2, 0.25) is 0 Å². The van der Waals surface area contributed by atoms with Gasteiger partial charge in [0, 0.05) is 0 Å².